The largest absolute Gasteiger partial charge is 0.505 e. The number of fused-ring (bicyclic) bond motifs is 3. The number of hydrogen-bond donors (Lipinski definition) is 3. The van der Waals surface area contributed by atoms with E-state index in [1.807, 2.05) is 0 Å². The highest BCUT2D eigenvalue weighted by atomic mass is 79.9. The number of carboxylic acids is 1. The second kappa shape index (κ2) is 5.26. The second-order valence-corrected chi connectivity index (χ2v) is 5.37. The van der Waals surface area contributed by atoms with Crippen molar-refractivity contribution >= 4 is 44.2 Å². The SMILES string of the molecule is O=C(O)CNC(=O)c1c(O)c2ccc(Br)cc2c2ncnn12. The molecule has 3 rings (SSSR count). The van der Waals surface area contributed by atoms with Gasteiger partial charge < -0.3 is 15.5 Å². The molecule has 9 heteroatoms. The van der Waals surface area contributed by atoms with Gasteiger partial charge in [0, 0.05) is 15.2 Å². The van der Waals surface area contributed by atoms with Crippen molar-refractivity contribution in [2.24, 2.45) is 0 Å². The number of hydrogen-bond acceptors (Lipinski definition) is 5. The summed E-state index contributed by atoms with van der Waals surface area (Å²) in [5.41, 5.74) is 0.221. The Hall–Kier alpha value is -2.68. The van der Waals surface area contributed by atoms with Crippen LogP contribution in [0.5, 0.6) is 5.75 Å². The number of amides is 1. The van der Waals surface area contributed by atoms with Crippen LogP contribution in [0.25, 0.3) is 16.4 Å². The Morgan fingerprint density at radius 3 is 2.82 bits per heavy atom. The number of aliphatic carboxylic acids is 1. The van der Waals surface area contributed by atoms with Crippen molar-refractivity contribution in [3.63, 3.8) is 0 Å². The first-order valence-electron chi connectivity index (χ1n) is 6.13. The van der Waals surface area contributed by atoms with Crippen molar-refractivity contribution in [2.75, 3.05) is 6.54 Å². The van der Waals surface area contributed by atoms with Gasteiger partial charge in [-0.2, -0.15) is 5.10 Å². The van der Waals surface area contributed by atoms with Crippen LogP contribution in [-0.4, -0.2) is 43.2 Å². The van der Waals surface area contributed by atoms with Crippen molar-refractivity contribution in [1.82, 2.24) is 19.9 Å². The van der Waals surface area contributed by atoms with Crippen LogP contribution in [0.3, 0.4) is 0 Å². The molecule has 2 heterocycles. The molecule has 0 saturated carbocycles. The van der Waals surface area contributed by atoms with Crippen LogP contribution in [0.15, 0.2) is 29.0 Å². The van der Waals surface area contributed by atoms with Crippen LogP contribution >= 0.6 is 15.9 Å². The predicted molar refractivity (Wildman–Crippen MR) is 79.8 cm³/mol. The van der Waals surface area contributed by atoms with Crippen LogP contribution in [0.1, 0.15) is 10.5 Å². The van der Waals surface area contributed by atoms with E-state index in [1.165, 1.54) is 10.8 Å². The van der Waals surface area contributed by atoms with Gasteiger partial charge in [-0.3, -0.25) is 9.59 Å². The number of nitrogens with one attached hydrogen (secondary N) is 1. The first kappa shape index (κ1) is 14.3. The van der Waals surface area contributed by atoms with Crippen LogP contribution in [0.4, 0.5) is 0 Å². The molecule has 1 amide bonds. The number of rotatable bonds is 3. The number of aromatic nitrogens is 3. The van der Waals surface area contributed by atoms with Gasteiger partial charge in [-0.05, 0) is 18.2 Å². The Bertz CT molecular complexity index is 921. The van der Waals surface area contributed by atoms with E-state index in [0.717, 1.165) is 4.47 Å². The first-order chi connectivity index (χ1) is 10.5. The fraction of sp³-hybridized carbons (Fsp3) is 0.0769. The molecule has 0 aliphatic rings. The molecule has 0 bridgehead atoms. The molecular formula is C13H9BrN4O4. The molecule has 0 fully saturated rings. The first-order valence-corrected chi connectivity index (χ1v) is 6.92. The van der Waals surface area contributed by atoms with Crippen molar-refractivity contribution in [3.05, 3.63) is 34.7 Å². The monoisotopic (exact) mass is 364 g/mol. The number of aromatic hydroxyl groups is 1. The Morgan fingerprint density at radius 1 is 1.32 bits per heavy atom. The van der Waals surface area contributed by atoms with Gasteiger partial charge in [0.2, 0.25) is 0 Å². The Balaban J connectivity index is 2.26. The molecule has 0 radical (unpaired) electrons. The zero-order chi connectivity index (χ0) is 15.9. The number of nitrogens with zero attached hydrogens (tertiary/aromatic N) is 3. The Labute approximate surface area is 131 Å². The van der Waals surface area contributed by atoms with Gasteiger partial charge in [0.25, 0.3) is 5.91 Å². The minimum Gasteiger partial charge on any atom is -0.505 e. The van der Waals surface area contributed by atoms with Gasteiger partial charge in [0.05, 0.1) is 0 Å². The fourth-order valence-corrected chi connectivity index (χ4v) is 2.53. The molecule has 2 aromatic heterocycles. The maximum Gasteiger partial charge on any atom is 0.322 e. The standard InChI is InChI=1S/C13H9BrN4O4/c14-6-1-2-7-8(3-6)12-16-5-17-18(12)10(11(7)21)13(22)15-4-9(19)20/h1-3,5,21H,4H2,(H,15,22)(H,19,20). The lowest BCUT2D eigenvalue weighted by atomic mass is 10.1. The molecule has 0 atom stereocenters. The predicted octanol–water partition coefficient (Wildman–Crippen LogP) is 1.16. The average Bonchev–Trinajstić information content (AvgIpc) is 2.94. The molecule has 8 nitrogen and oxygen atoms in total. The molecule has 3 aromatic rings. The highest BCUT2D eigenvalue weighted by Gasteiger charge is 2.21. The van der Waals surface area contributed by atoms with Crippen LogP contribution in [0.2, 0.25) is 0 Å². The highest BCUT2D eigenvalue weighted by molar-refractivity contribution is 9.10. The van der Waals surface area contributed by atoms with Gasteiger partial charge in [-0.25, -0.2) is 9.50 Å². The summed E-state index contributed by atoms with van der Waals surface area (Å²) in [5, 5.41) is 26.2. The molecular weight excluding hydrogens is 356 g/mol. The van der Waals surface area contributed by atoms with E-state index in [4.69, 9.17) is 5.11 Å². The van der Waals surface area contributed by atoms with E-state index >= 15 is 0 Å². The summed E-state index contributed by atoms with van der Waals surface area (Å²) in [6, 6.07) is 5.10. The summed E-state index contributed by atoms with van der Waals surface area (Å²) < 4.78 is 1.97. The summed E-state index contributed by atoms with van der Waals surface area (Å²) in [5.74, 6) is -2.23. The molecule has 1 aromatic carbocycles. The summed E-state index contributed by atoms with van der Waals surface area (Å²) in [4.78, 5) is 26.8. The van der Waals surface area contributed by atoms with Crippen molar-refractivity contribution in [3.8, 4) is 5.75 Å². The number of halogens is 1. The van der Waals surface area contributed by atoms with Gasteiger partial charge in [0.1, 0.15) is 12.9 Å². The minimum atomic E-state index is -1.19. The van der Waals surface area contributed by atoms with Crippen LogP contribution in [0, 0.1) is 0 Å². The second-order valence-electron chi connectivity index (χ2n) is 4.46. The lowest BCUT2D eigenvalue weighted by molar-refractivity contribution is -0.135. The Kier molecular flexibility index (Phi) is 3.41. The third-order valence-corrected chi connectivity index (χ3v) is 3.57. The number of carbonyl (C=O) groups is 2. The molecule has 0 aliphatic carbocycles. The molecule has 0 saturated heterocycles. The van der Waals surface area contributed by atoms with E-state index in [0.29, 0.717) is 16.4 Å². The zero-order valence-electron chi connectivity index (χ0n) is 10.9. The van der Waals surface area contributed by atoms with Crippen molar-refractivity contribution in [1.29, 1.82) is 0 Å². The molecule has 22 heavy (non-hydrogen) atoms. The summed E-state index contributed by atoms with van der Waals surface area (Å²) >= 11 is 3.34. The molecule has 3 N–H and O–H groups in total. The quantitative estimate of drug-likeness (QED) is 0.642. The fourth-order valence-electron chi connectivity index (χ4n) is 2.17. The van der Waals surface area contributed by atoms with E-state index < -0.39 is 18.4 Å². The molecule has 0 spiro atoms. The van der Waals surface area contributed by atoms with Crippen LogP contribution < -0.4 is 5.32 Å². The van der Waals surface area contributed by atoms with E-state index in [-0.39, 0.29) is 11.4 Å². The van der Waals surface area contributed by atoms with Gasteiger partial charge >= 0.3 is 5.97 Å². The Morgan fingerprint density at radius 2 is 2.09 bits per heavy atom. The topological polar surface area (TPSA) is 117 Å². The van der Waals surface area contributed by atoms with E-state index in [1.54, 1.807) is 18.2 Å². The number of carboxylic acid groups (broad SMARTS) is 1. The summed E-state index contributed by atoms with van der Waals surface area (Å²) in [6.45, 7) is -0.563. The minimum absolute atomic E-state index is 0.163. The average molecular weight is 365 g/mol. The van der Waals surface area contributed by atoms with Gasteiger partial charge in [-0.15, -0.1) is 0 Å². The maximum absolute atomic E-state index is 12.2. The molecule has 0 aliphatic heterocycles. The molecule has 0 unspecified atom stereocenters. The number of carbonyl (C=O) groups excluding carboxylic acids is 1. The summed E-state index contributed by atoms with van der Waals surface area (Å²) in [6.07, 6.45) is 1.25. The van der Waals surface area contributed by atoms with Gasteiger partial charge in [-0.1, -0.05) is 15.9 Å². The van der Waals surface area contributed by atoms with E-state index in [9.17, 15) is 14.7 Å². The van der Waals surface area contributed by atoms with E-state index in [2.05, 4.69) is 31.3 Å². The lowest BCUT2D eigenvalue weighted by Gasteiger charge is -2.10. The van der Waals surface area contributed by atoms with Crippen molar-refractivity contribution in [2.45, 2.75) is 0 Å². The van der Waals surface area contributed by atoms with Gasteiger partial charge in [0.15, 0.2) is 17.1 Å². The smallest absolute Gasteiger partial charge is 0.322 e. The number of pyridine rings is 1. The molecule has 112 valence electrons. The summed E-state index contributed by atoms with van der Waals surface area (Å²) in [7, 11) is 0. The van der Waals surface area contributed by atoms with Crippen molar-refractivity contribution < 1.29 is 19.8 Å². The highest BCUT2D eigenvalue weighted by Crippen LogP contribution is 2.32. The zero-order valence-corrected chi connectivity index (χ0v) is 12.5. The number of benzene rings is 1. The lowest BCUT2D eigenvalue weighted by Crippen LogP contribution is -2.31. The third kappa shape index (κ3) is 2.25. The maximum atomic E-state index is 12.2. The third-order valence-electron chi connectivity index (χ3n) is 3.08. The van der Waals surface area contributed by atoms with Crippen LogP contribution in [-0.2, 0) is 4.79 Å². The normalized spacial score (nSPS) is 11.0.